The van der Waals surface area contributed by atoms with Crippen LogP contribution >= 0.6 is 0 Å². The molecule has 1 aliphatic rings. The smallest absolute Gasteiger partial charge is 0.429 e. The molecule has 3 aromatic rings. The molecule has 0 fully saturated rings. The van der Waals surface area contributed by atoms with E-state index in [1.54, 1.807) is 0 Å². The van der Waals surface area contributed by atoms with Gasteiger partial charge in [-0.25, -0.2) is 17.6 Å². The SMILES string of the molecule is C=CCCc1ccc(C(F)(F)Oc2ccc3c(c2F)C(F)(F)C(F)(F)c2c-3ccc(OCC)c2F)c(F)c1F. The van der Waals surface area contributed by atoms with Crippen LogP contribution in [0.3, 0.4) is 0 Å². The van der Waals surface area contributed by atoms with Crippen molar-refractivity contribution in [2.75, 3.05) is 6.61 Å². The van der Waals surface area contributed by atoms with Gasteiger partial charge in [0.1, 0.15) is 5.56 Å². The Labute approximate surface area is 215 Å². The summed E-state index contributed by atoms with van der Waals surface area (Å²) in [5.41, 5.74) is -7.51. The number of benzene rings is 3. The molecule has 12 heteroatoms. The summed E-state index contributed by atoms with van der Waals surface area (Å²) in [6.07, 6.45) is -3.32. The quantitative estimate of drug-likeness (QED) is 0.201. The molecular weight excluding hydrogens is 546 g/mol. The first-order valence-corrected chi connectivity index (χ1v) is 11.4. The Morgan fingerprint density at radius 2 is 1.31 bits per heavy atom. The highest BCUT2D eigenvalue weighted by Gasteiger charge is 2.65. The average Bonchev–Trinajstić information content (AvgIpc) is 2.86. The second-order valence-corrected chi connectivity index (χ2v) is 8.53. The number of halogens is 10. The summed E-state index contributed by atoms with van der Waals surface area (Å²) in [7, 11) is 0. The molecule has 0 unspecified atom stereocenters. The summed E-state index contributed by atoms with van der Waals surface area (Å²) in [4.78, 5) is 0. The summed E-state index contributed by atoms with van der Waals surface area (Å²) in [5, 5.41) is 0. The van der Waals surface area contributed by atoms with E-state index in [0.717, 1.165) is 18.2 Å². The number of aryl methyl sites for hydroxylation is 1. The minimum absolute atomic E-state index is 0.0736. The van der Waals surface area contributed by atoms with Crippen molar-refractivity contribution >= 4 is 0 Å². The predicted molar refractivity (Wildman–Crippen MR) is 120 cm³/mol. The van der Waals surface area contributed by atoms with Crippen molar-refractivity contribution < 1.29 is 53.4 Å². The van der Waals surface area contributed by atoms with E-state index < -0.39 is 80.5 Å². The monoisotopic (exact) mass is 564 g/mol. The fraction of sp³-hybridized carbons (Fsp3) is 0.259. The molecule has 0 aliphatic heterocycles. The van der Waals surface area contributed by atoms with Crippen LogP contribution in [0.4, 0.5) is 43.9 Å². The van der Waals surface area contributed by atoms with E-state index in [2.05, 4.69) is 11.3 Å². The van der Waals surface area contributed by atoms with Gasteiger partial charge < -0.3 is 9.47 Å². The minimum Gasteiger partial charge on any atom is -0.491 e. The van der Waals surface area contributed by atoms with Gasteiger partial charge in [-0.3, -0.25) is 0 Å². The first kappa shape index (κ1) is 28.3. The number of hydrogen-bond donors (Lipinski definition) is 0. The van der Waals surface area contributed by atoms with Crippen molar-refractivity contribution in [1.29, 1.82) is 0 Å². The van der Waals surface area contributed by atoms with Gasteiger partial charge in [0.2, 0.25) is 0 Å². The average molecular weight is 564 g/mol. The fourth-order valence-corrected chi connectivity index (χ4v) is 4.29. The molecule has 0 spiro atoms. The Morgan fingerprint density at radius 3 is 1.85 bits per heavy atom. The molecule has 0 atom stereocenters. The molecule has 0 heterocycles. The van der Waals surface area contributed by atoms with Gasteiger partial charge in [0.25, 0.3) is 0 Å². The molecule has 1 aliphatic carbocycles. The van der Waals surface area contributed by atoms with E-state index in [1.165, 1.54) is 13.0 Å². The van der Waals surface area contributed by atoms with Crippen LogP contribution < -0.4 is 9.47 Å². The van der Waals surface area contributed by atoms with Crippen molar-refractivity contribution in [3.8, 4) is 22.6 Å². The molecule has 0 radical (unpaired) electrons. The molecule has 0 saturated heterocycles. The molecule has 2 nitrogen and oxygen atoms in total. The summed E-state index contributed by atoms with van der Waals surface area (Å²) in [6, 6.07) is 3.92. The van der Waals surface area contributed by atoms with Gasteiger partial charge in [-0.05, 0) is 66.8 Å². The normalized spacial score (nSPS) is 15.4. The topological polar surface area (TPSA) is 18.5 Å². The third kappa shape index (κ3) is 4.39. The van der Waals surface area contributed by atoms with Crippen LogP contribution in [0.1, 0.15) is 35.6 Å². The largest absolute Gasteiger partial charge is 0.491 e. The van der Waals surface area contributed by atoms with E-state index >= 15 is 13.2 Å². The maximum Gasteiger partial charge on any atom is 0.429 e. The number of alkyl halides is 6. The Bertz CT molecular complexity index is 1450. The number of ether oxygens (including phenoxy) is 2. The fourth-order valence-electron chi connectivity index (χ4n) is 4.29. The standard InChI is InChI=1S/C27H18F10O2/c1-3-5-6-13-7-10-16(22(29)21(13)28)27(36,37)39-18-12-9-15-14-8-11-17(38-4-2)23(30)19(14)25(32,33)26(34,35)20(15)24(18)31/h3,7-12H,1,4-6H2,2H3. The van der Waals surface area contributed by atoms with Gasteiger partial charge in [-0.15, -0.1) is 6.58 Å². The van der Waals surface area contributed by atoms with Crippen molar-refractivity contribution in [1.82, 2.24) is 0 Å². The van der Waals surface area contributed by atoms with Gasteiger partial charge in [0.05, 0.1) is 17.7 Å². The molecule has 0 N–H and O–H groups in total. The lowest BCUT2D eigenvalue weighted by molar-refractivity contribution is -0.228. The lowest BCUT2D eigenvalue weighted by Crippen LogP contribution is -2.41. The van der Waals surface area contributed by atoms with Gasteiger partial charge in [-0.2, -0.15) is 26.3 Å². The van der Waals surface area contributed by atoms with Gasteiger partial charge in [-0.1, -0.05) is 12.1 Å². The van der Waals surface area contributed by atoms with E-state index in [-0.39, 0.29) is 25.0 Å². The van der Waals surface area contributed by atoms with E-state index in [4.69, 9.17) is 4.74 Å². The molecule has 0 aromatic heterocycles. The van der Waals surface area contributed by atoms with Crippen LogP contribution in [0.15, 0.2) is 49.1 Å². The number of rotatable bonds is 8. The van der Waals surface area contributed by atoms with E-state index in [0.29, 0.717) is 18.2 Å². The van der Waals surface area contributed by atoms with Crippen LogP contribution in [0, 0.1) is 23.3 Å². The third-order valence-electron chi connectivity index (χ3n) is 6.16. The zero-order chi connectivity index (χ0) is 28.9. The van der Waals surface area contributed by atoms with E-state index in [1.807, 2.05) is 0 Å². The van der Waals surface area contributed by atoms with Crippen LogP contribution in [-0.4, -0.2) is 6.61 Å². The Hall–Kier alpha value is -3.70. The third-order valence-corrected chi connectivity index (χ3v) is 6.16. The molecule has 3 aromatic carbocycles. The highest BCUT2D eigenvalue weighted by atomic mass is 19.3. The molecule has 0 bridgehead atoms. The molecule has 4 rings (SSSR count). The summed E-state index contributed by atoms with van der Waals surface area (Å²) >= 11 is 0. The molecule has 0 amide bonds. The van der Waals surface area contributed by atoms with Crippen molar-refractivity contribution in [2.24, 2.45) is 0 Å². The number of hydrogen-bond acceptors (Lipinski definition) is 2. The van der Waals surface area contributed by atoms with Crippen molar-refractivity contribution in [3.63, 3.8) is 0 Å². The summed E-state index contributed by atoms with van der Waals surface area (Å²) < 4.78 is 158. The molecule has 208 valence electrons. The minimum atomic E-state index is -5.44. The first-order valence-electron chi connectivity index (χ1n) is 11.4. The van der Waals surface area contributed by atoms with Crippen molar-refractivity contribution in [2.45, 2.75) is 37.7 Å². The molecular formula is C27H18F10O2. The first-order chi connectivity index (χ1) is 18.2. The zero-order valence-electron chi connectivity index (χ0n) is 20.0. The second-order valence-electron chi connectivity index (χ2n) is 8.53. The summed E-state index contributed by atoms with van der Waals surface area (Å²) in [5.74, 6) is -21.0. The predicted octanol–water partition coefficient (Wildman–Crippen LogP) is 8.75. The lowest BCUT2D eigenvalue weighted by Gasteiger charge is -2.35. The lowest BCUT2D eigenvalue weighted by atomic mass is 9.79. The molecule has 39 heavy (non-hydrogen) atoms. The van der Waals surface area contributed by atoms with Crippen LogP contribution in [-0.2, 0) is 24.4 Å². The van der Waals surface area contributed by atoms with Crippen LogP contribution in [0.2, 0.25) is 0 Å². The number of fused-ring (bicyclic) bond motifs is 3. The van der Waals surface area contributed by atoms with Crippen LogP contribution in [0.25, 0.3) is 11.1 Å². The summed E-state index contributed by atoms with van der Waals surface area (Å²) in [6.45, 7) is 4.61. The Balaban J connectivity index is 1.82. The van der Waals surface area contributed by atoms with Gasteiger partial charge in [0, 0.05) is 0 Å². The van der Waals surface area contributed by atoms with Gasteiger partial charge in [0.15, 0.2) is 34.8 Å². The Morgan fingerprint density at radius 1 is 0.769 bits per heavy atom. The maximum absolute atomic E-state index is 15.2. The second kappa shape index (κ2) is 9.80. The number of allylic oxidation sites excluding steroid dienone is 1. The van der Waals surface area contributed by atoms with Gasteiger partial charge >= 0.3 is 18.0 Å². The Kier molecular flexibility index (Phi) is 7.11. The van der Waals surface area contributed by atoms with Crippen LogP contribution in [0.5, 0.6) is 11.5 Å². The van der Waals surface area contributed by atoms with E-state index in [9.17, 15) is 30.7 Å². The highest BCUT2D eigenvalue weighted by molar-refractivity contribution is 5.78. The maximum atomic E-state index is 15.2. The van der Waals surface area contributed by atoms with Crippen molar-refractivity contribution in [3.05, 3.63) is 94.6 Å². The zero-order valence-corrected chi connectivity index (χ0v) is 20.0. The molecule has 0 saturated carbocycles. The highest BCUT2D eigenvalue weighted by Crippen LogP contribution is 2.60.